The van der Waals surface area contributed by atoms with E-state index in [0.29, 0.717) is 5.69 Å². The molecule has 0 radical (unpaired) electrons. The summed E-state index contributed by atoms with van der Waals surface area (Å²) in [6, 6.07) is 5.11. The second-order valence-corrected chi connectivity index (χ2v) is 20.5. The van der Waals surface area contributed by atoms with Gasteiger partial charge in [-0.2, -0.15) is 0 Å². The smallest absolute Gasteiger partial charge is 0.726 e. The molecule has 2 N–H and O–H groups in total. The van der Waals surface area contributed by atoms with Gasteiger partial charge >= 0.3 is 118 Å². The van der Waals surface area contributed by atoms with Crippen molar-refractivity contribution in [3.8, 4) is 23.0 Å². The first-order valence-corrected chi connectivity index (χ1v) is 25.0. The summed E-state index contributed by atoms with van der Waals surface area (Å²) in [4.78, 5) is 5.35. The first-order valence-electron chi connectivity index (χ1n) is 15.6. The van der Waals surface area contributed by atoms with Gasteiger partial charge in [-0.15, -0.1) is 0 Å². The maximum atomic E-state index is 14.0. The van der Waals surface area contributed by atoms with Gasteiger partial charge in [0.1, 0.15) is 36.7 Å². The van der Waals surface area contributed by atoms with Crippen LogP contribution in [0.25, 0.3) is 22.6 Å². The third-order valence-electron chi connectivity index (χ3n) is 7.35. The predicted octanol–water partition coefficient (Wildman–Crippen LogP) is -12.1. The van der Waals surface area contributed by atoms with E-state index in [9.17, 15) is 68.7 Å². The molecule has 0 bridgehead atoms. The van der Waals surface area contributed by atoms with Gasteiger partial charge in [0.25, 0.3) is 0 Å². The molecule has 0 saturated heterocycles. The van der Waals surface area contributed by atoms with Crippen molar-refractivity contribution in [2.24, 2.45) is 4.99 Å². The summed E-state index contributed by atoms with van der Waals surface area (Å²) >= 11 is 13.4. The maximum absolute atomic E-state index is 14.0. The molecule has 0 aromatic heterocycles. The fourth-order valence-electron chi connectivity index (χ4n) is 5.15. The predicted molar refractivity (Wildman–Crippen MR) is 196 cm³/mol. The number of aromatic nitrogens is 1. The molecule has 0 saturated carbocycles. The van der Waals surface area contributed by atoms with Crippen molar-refractivity contribution in [2.45, 2.75) is 9.79 Å². The molecular weight excluding hydrogens is 1080 g/mol. The Labute approximate surface area is 463 Å². The quantitative estimate of drug-likeness (QED) is 0.0255. The average molecular weight is 1100 g/mol. The molecule has 2 aromatic rings. The molecule has 5 rings (SSSR count). The number of sulfone groups is 2. The maximum Gasteiger partial charge on any atom is 1.00 e. The number of halogens is 2. The van der Waals surface area contributed by atoms with E-state index in [2.05, 4.69) is 37.3 Å². The van der Waals surface area contributed by atoms with Crippen molar-refractivity contribution in [3.05, 3.63) is 39.7 Å². The molecule has 0 amide bonds. The van der Waals surface area contributed by atoms with Crippen LogP contribution in [0.2, 0.25) is 10.0 Å². The molecule has 64 heavy (non-hydrogen) atoms. The van der Waals surface area contributed by atoms with Crippen LogP contribution in [-0.2, 0) is 78.0 Å². The van der Waals surface area contributed by atoms with Gasteiger partial charge in [0, 0.05) is 24.4 Å². The molecule has 332 valence electrons. The number of rotatable bonds is 19. The first-order chi connectivity index (χ1) is 27.6. The Morgan fingerprint density at radius 1 is 0.688 bits per heavy atom. The Balaban J connectivity index is 0.00000512. The number of nitrogens with one attached hydrogen (secondary N) is 2. The van der Waals surface area contributed by atoms with E-state index in [1.807, 2.05) is 0 Å². The zero-order valence-electron chi connectivity index (χ0n) is 33.0. The van der Waals surface area contributed by atoms with Gasteiger partial charge in [-0.05, 0) is 12.1 Å². The van der Waals surface area contributed by atoms with Crippen LogP contribution >= 0.6 is 23.2 Å². The topological polar surface area (TPSA) is 406 Å². The summed E-state index contributed by atoms with van der Waals surface area (Å²) in [5, 5.41) is 4.02. The number of hydrogen-bond acceptors (Lipinski definition) is 26. The summed E-state index contributed by atoms with van der Waals surface area (Å²) in [6.07, 6.45) is 0. The minimum absolute atomic E-state index is 0. The van der Waals surface area contributed by atoms with Gasteiger partial charge in [-0.25, -0.2) is 55.5 Å². The summed E-state index contributed by atoms with van der Waals surface area (Å²) in [5.74, 6) is -3.83. The van der Waals surface area contributed by atoms with Crippen LogP contribution in [0.4, 0.5) is 17.1 Å². The SMILES string of the molecule is O=S(=O)([O-])OCCN=c1cc2oc3c(Cl)c4c(c(Cl)c3nc-2c(S(=O)(=O)CCOS(=O)(=O)[O-])c1S(=O)(=O)CCOS(=O)(=O)[O-])Oc1cc(NCCOS(=O)(=O)[O-])ccc1N4.[Na+].[Na+].[Na+].[Na+]. The van der Waals surface area contributed by atoms with Gasteiger partial charge in [-0.1, -0.05) is 23.2 Å². The van der Waals surface area contributed by atoms with Crippen LogP contribution in [-0.4, -0.2) is 125 Å². The zero-order chi connectivity index (χ0) is 44.6. The first kappa shape index (κ1) is 62.4. The van der Waals surface area contributed by atoms with E-state index >= 15 is 0 Å². The average Bonchev–Trinajstić information content (AvgIpc) is 3.10. The normalized spacial score (nSPS) is 13.2. The molecule has 2 heterocycles. The number of fused-ring (bicyclic) bond motifs is 4. The summed E-state index contributed by atoms with van der Waals surface area (Å²) < 4.78 is 216. The zero-order valence-corrected chi connectivity index (χ0v) is 47.5. The molecule has 0 atom stereocenters. The second kappa shape index (κ2) is 24.5. The Morgan fingerprint density at radius 3 is 1.75 bits per heavy atom. The third-order valence-corrected chi connectivity index (χ3v) is 13.5. The van der Waals surface area contributed by atoms with Crippen molar-refractivity contribution in [2.75, 3.05) is 61.7 Å². The molecule has 0 fully saturated rings. The molecule has 2 aromatic carbocycles. The van der Waals surface area contributed by atoms with Gasteiger partial charge in [-0.3, -0.25) is 21.7 Å². The van der Waals surface area contributed by atoms with Crippen molar-refractivity contribution < 1.29 is 213 Å². The third kappa shape index (κ3) is 17.1. The second-order valence-electron chi connectivity index (χ2n) is 11.4. The fourth-order valence-corrected chi connectivity index (χ4v) is 10.4. The fraction of sp³-hybridized carbons (Fsp3) is 0.308. The minimum Gasteiger partial charge on any atom is -0.726 e. The van der Waals surface area contributed by atoms with Gasteiger partial charge in [0.05, 0.1) is 55.5 Å². The van der Waals surface area contributed by atoms with Crippen molar-refractivity contribution >= 4 is 113 Å². The Hall–Kier alpha value is 0.420. The summed E-state index contributed by atoms with van der Waals surface area (Å²) in [6.45, 7) is -5.41. The van der Waals surface area contributed by atoms with Crippen LogP contribution in [0.3, 0.4) is 0 Å². The Kier molecular flexibility index (Phi) is 23.9. The largest absolute Gasteiger partial charge is 1.00 e. The van der Waals surface area contributed by atoms with Crippen LogP contribution in [0.5, 0.6) is 11.5 Å². The van der Waals surface area contributed by atoms with Gasteiger partial charge < -0.3 is 38.0 Å². The molecule has 38 heteroatoms. The number of benzene rings is 3. The van der Waals surface area contributed by atoms with Crippen molar-refractivity contribution in [1.29, 1.82) is 0 Å². The Morgan fingerprint density at radius 2 is 1.20 bits per heavy atom. The molecule has 3 aliphatic rings. The van der Waals surface area contributed by atoms with Crippen LogP contribution in [0, 0.1) is 0 Å². The van der Waals surface area contributed by atoms with E-state index in [-0.39, 0.29) is 153 Å². The minimum atomic E-state index is -5.53. The molecule has 1 aliphatic carbocycles. The van der Waals surface area contributed by atoms with E-state index in [1.54, 1.807) is 0 Å². The molecule has 26 nitrogen and oxygen atoms in total. The molecule has 0 unspecified atom stereocenters. The number of anilines is 3. The molecule has 0 spiro atoms. The standard InChI is InChI=1S/C26H26Cl2N4O22S6.4Na/c27-18-21-23(53-16-11-13(1-2-14(16)31-21)29-3-5-49-57(37,38)39)19(28)22-24(18)54-17-12-15(30-4-6-50-58(40,41)42)25(55(33,34)9-7-51-59(43,44)45)26(20(17)32-22)56(35,36)10-8-52-60(46,47)48;;;;/h1-2,11-12,29,31H,3-10H2,(H,37,38,39)(H,40,41,42)(H,43,44,45)(H,46,47,48);;;;/q;4*+1/p-4. The summed E-state index contributed by atoms with van der Waals surface area (Å²) in [7, 11) is -31.9. The Bertz CT molecular complexity index is 3110. The molecule has 2 aliphatic heterocycles. The van der Waals surface area contributed by atoms with Gasteiger partial charge in [0.2, 0.25) is 41.6 Å². The van der Waals surface area contributed by atoms with Crippen LogP contribution < -0.4 is 139 Å². The van der Waals surface area contributed by atoms with E-state index < -0.39 is 148 Å². The molecular formula is C26H22Cl2N4Na4O22S6. The van der Waals surface area contributed by atoms with E-state index in [0.717, 1.165) is 6.07 Å². The summed E-state index contributed by atoms with van der Waals surface area (Å²) in [5.41, 5.74) is -1.32. The van der Waals surface area contributed by atoms with Crippen LogP contribution in [0.15, 0.2) is 43.5 Å². The van der Waals surface area contributed by atoms with E-state index in [4.69, 9.17) is 32.4 Å². The van der Waals surface area contributed by atoms with E-state index in [1.165, 1.54) is 18.2 Å². The van der Waals surface area contributed by atoms with Crippen LogP contribution in [0.1, 0.15) is 0 Å². The number of hydrogen-bond donors (Lipinski definition) is 2. The van der Waals surface area contributed by atoms with Gasteiger partial charge in [0.15, 0.2) is 42.5 Å². The monoisotopic (exact) mass is 1100 g/mol. The van der Waals surface area contributed by atoms with Crippen molar-refractivity contribution in [1.82, 2.24) is 4.98 Å². The number of ether oxygens (including phenoxy) is 1. The number of nitrogens with zero attached hydrogens (tertiary/aromatic N) is 2. The van der Waals surface area contributed by atoms with Crippen molar-refractivity contribution in [3.63, 3.8) is 0 Å².